The summed E-state index contributed by atoms with van der Waals surface area (Å²) in [6, 6.07) is 11.0. The Morgan fingerprint density at radius 3 is 2.45 bits per heavy atom. The minimum absolute atomic E-state index is 0.588. The number of ether oxygens (including phenoxy) is 2. The molecule has 2 aromatic rings. The van der Waals surface area contributed by atoms with Crippen LogP contribution in [-0.4, -0.2) is 14.2 Å². The van der Waals surface area contributed by atoms with Crippen molar-refractivity contribution in [2.24, 2.45) is 0 Å². The Kier molecular flexibility index (Phi) is 4.99. The minimum atomic E-state index is 0.588. The topological polar surface area (TPSA) is 30.5 Å². The molecule has 0 bridgehead atoms. The summed E-state index contributed by atoms with van der Waals surface area (Å²) in [6.07, 6.45) is 0. The number of hydrogen-bond donors (Lipinski definition) is 1. The van der Waals surface area contributed by atoms with Crippen molar-refractivity contribution in [1.82, 2.24) is 0 Å². The highest BCUT2D eigenvalue weighted by atomic mass is 35.5. The number of halogens is 2. The summed E-state index contributed by atoms with van der Waals surface area (Å²) < 4.78 is 10.5. The highest BCUT2D eigenvalue weighted by Crippen LogP contribution is 2.28. The molecular weight excluding hydrogens is 297 g/mol. The van der Waals surface area contributed by atoms with Gasteiger partial charge >= 0.3 is 0 Å². The van der Waals surface area contributed by atoms with Gasteiger partial charge in [0, 0.05) is 23.2 Å². The van der Waals surface area contributed by atoms with E-state index in [1.165, 1.54) is 0 Å². The smallest absolute Gasteiger partial charge is 0.127 e. The molecule has 0 unspecified atom stereocenters. The van der Waals surface area contributed by atoms with Crippen molar-refractivity contribution in [2.75, 3.05) is 19.5 Å². The summed E-state index contributed by atoms with van der Waals surface area (Å²) in [5.74, 6) is 1.53. The maximum absolute atomic E-state index is 6.12. The minimum Gasteiger partial charge on any atom is -0.497 e. The fourth-order valence-corrected chi connectivity index (χ4v) is 2.30. The molecule has 5 heteroatoms. The molecule has 0 aromatic heterocycles. The van der Waals surface area contributed by atoms with Crippen LogP contribution in [0.2, 0.25) is 10.0 Å². The van der Waals surface area contributed by atoms with Gasteiger partial charge in [-0.25, -0.2) is 0 Å². The molecule has 0 saturated carbocycles. The second kappa shape index (κ2) is 6.73. The lowest BCUT2D eigenvalue weighted by atomic mass is 10.2. The van der Waals surface area contributed by atoms with Crippen LogP contribution in [0.15, 0.2) is 36.4 Å². The van der Waals surface area contributed by atoms with E-state index in [9.17, 15) is 0 Å². The van der Waals surface area contributed by atoms with Crippen LogP contribution < -0.4 is 14.8 Å². The SMILES string of the molecule is COc1ccc(CNc2ccc(Cl)cc2Cl)c(OC)c1. The Morgan fingerprint density at radius 2 is 1.80 bits per heavy atom. The highest BCUT2D eigenvalue weighted by molar-refractivity contribution is 6.36. The lowest BCUT2D eigenvalue weighted by Gasteiger charge is -2.13. The molecule has 2 rings (SSSR count). The Bertz CT molecular complexity index is 602. The molecule has 0 saturated heterocycles. The Labute approximate surface area is 128 Å². The number of anilines is 1. The van der Waals surface area contributed by atoms with Gasteiger partial charge in [-0.2, -0.15) is 0 Å². The Morgan fingerprint density at radius 1 is 1.00 bits per heavy atom. The van der Waals surface area contributed by atoms with E-state index in [2.05, 4.69) is 5.32 Å². The molecule has 20 heavy (non-hydrogen) atoms. The molecule has 0 aliphatic carbocycles. The van der Waals surface area contributed by atoms with E-state index in [1.54, 1.807) is 26.4 Å². The fraction of sp³-hybridized carbons (Fsp3) is 0.200. The van der Waals surface area contributed by atoms with Crippen molar-refractivity contribution in [3.8, 4) is 11.5 Å². The molecule has 0 aliphatic heterocycles. The Balaban J connectivity index is 2.14. The van der Waals surface area contributed by atoms with Crippen LogP contribution in [-0.2, 0) is 6.54 Å². The van der Waals surface area contributed by atoms with E-state index in [0.717, 1.165) is 22.7 Å². The van der Waals surface area contributed by atoms with E-state index in [-0.39, 0.29) is 0 Å². The molecule has 106 valence electrons. The van der Waals surface area contributed by atoms with Gasteiger partial charge in [0.25, 0.3) is 0 Å². The monoisotopic (exact) mass is 311 g/mol. The number of methoxy groups -OCH3 is 2. The zero-order valence-corrected chi connectivity index (χ0v) is 12.8. The van der Waals surface area contributed by atoms with E-state index in [0.29, 0.717) is 16.6 Å². The molecular formula is C15H15Cl2NO2. The molecule has 0 amide bonds. The van der Waals surface area contributed by atoms with E-state index in [1.807, 2.05) is 24.3 Å². The zero-order chi connectivity index (χ0) is 14.5. The lowest BCUT2D eigenvalue weighted by molar-refractivity contribution is 0.391. The highest BCUT2D eigenvalue weighted by Gasteiger charge is 2.06. The maximum atomic E-state index is 6.12. The van der Waals surface area contributed by atoms with Crippen LogP contribution in [0.25, 0.3) is 0 Å². The van der Waals surface area contributed by atoms with Crippen LogP contribution in [0, 0.1) is 0 Å². The standard InChI is InChI=1S/C15H15Cl2NO2/c1-19-12-5-3-10(15(8-12)20-2)9-18-14-6-4-11(16)7-13(14)17/h3-8,18H,9H2,1-2H3. The molecule has 0 aliphatic rings. The first-order valence-electron chi connectivity index (χ1n) is 6.04. The van der Waals surface area contributed by atoms with Gasteiger partial charge in [0.1, 0.15) is 11.5 Å². The third-order valence-corrected chi connectivity index (χ3v) is 3.44. The first-order valence-corrected chi connectivity index (χ1v) is 6.79. The summed E-state index contributed by atoms with van der Waals surface area (Å²) in [4.78, 5) is 0. The van der Waals surface area contributed by atoms with Crippen LogP contribution in [0.3, 0.4) is 0 Å². The summed E-state index contributed by atoms with van der Waals surface area (Å²) in [7, 11) is 3.26. The second-order valence-corrected chi connectivity index (χ2v) is 5.00. The molecule has 1 N–H and O–H groups in total. The average molecular weight is 312 g/mol. The van der Waals surface area contributed by atoms with Gasteiger partial charge in [-0.1, -0.05) is 23.2 Å². The molecule has 0 spiro atoms. The largest absolute Gasteiger partial charge is 0.497 e. The van der Waals surface area contributed by atoms with Crippen molar-refractivity contribution in [2.45, 2.75) is 6.54 Å². The van der Waals surface area contributed by atoms with Crippen molar-refractivity contribution in [1.29, 1.82) is 0 Å². The van der Waals surface area contributed by atoms with Gasteiger partial charge in [-0.15, -0.1) is 0 Å². The van der Waals surface area contributed by atoms with E-state index < -0.39 is 0 Å². The summed E-state index contributed by atoms with van der Waals surface area (Å²) in [5.41, 5.74) is 1.84. The predicted molar refractivity (Wildman–Crippen MR) is 83.3 cm³/mol. The van der Waals surface area contributed by atoms with Crippen LogP contribution in [0.5, 0.6) is 11.5 Å². The number of benzene rings is 2. The van der Waals surface area contributed by atoms with Crippen LogP contribution >= 0.6 is 23.2 Å². The molecule has 0 atom stereocenters. The third kappa shape index (κ3) is 3.50. The van der Waals surface area contributed by atoms with Crippen LogP contribution in [0.4, 0.5) is 5.69 Å². The average Bonchev–Trinajstić information content (AvgIpc) is 2.46. The van der Waals surface area contributed by atoms with Gasteiger partial charge in [-0.3, -0.25) is 0 Å². The zero-order valence-electron chi connectivity index (χ0n) is 11.2. The van der Waals surface area contributed by atoms with Gasteiger partial charge in [-0.05, 0) is 30.3 Å². The van der Waals surface area contributed by atoms with Gasteiger partial charge in [0.05, 0.1) is 24.9 Å². The predicted octanol–water partition coefficient (Wildman–Crippen LogP) is 4.62. The molecule has 3 nitrogen and oxygen atoms in total. The Hall–Kier alpha value is -1.58. The van der Waals surface area contributed by atoms with Crippen molar-refractivity contribution >= 4 is 28.9 Å². The number of hydrogen-bond acceptors (Lipinski definition) is 3. The molecule has 0 radical (unpaired) electrons. The second-order valence-electron chi connectivity index (χ2n) is 4.16. The van der Waals surface area contributed by atoms with Crippen molar-refractivity contribution in [3.05, 3.63) is 52.0 Å². The molecule has 0 fully saturated rings. The first-order chi connectivity index (χ1) is 9.63. The quantitative estimate of drug-likeness (QED) is 0.873. The number of rotatable bonds is 5. The molecule has 2 aromatic carbocycles. The number of nitrogens with one attached hydrogen (secondary N) is 1. The van der Waals surface area contributed by atoms with Gasteiger partial charge < -0.3 is 14.8 Å². The van der Waals surface area contributed by atoms with Crippen molar-refractivity contribution in [3.63, 3.8) is 0 Å². The third-order valence-electron chi connectivity index (χ3n) is 2.89. The van der Waals surface area contributed by atoms with Crippen molar-refractivity contribution < 1.29 is 9.47 Å². The fourth-order valence-electron chi connectivity index (χ4n) is 1.82. The normalized spacial score (nSPS) is 10.2. The van der Waals surface area contributed by atoms with E-state index in [4.69, 9.17) is 32.7 Å². The van der Waals surface area contributed by atoms with Crippen LogP contribution in [0.1, 0.15) is 5.56 Å². The summed E-state index contributed by atoms with van der Waals surface area (Å²) in [6.45, 7) is 0.592. The first kappa shape index (κ1) is 14.8. The van der Waals surface area contributed by atoms with Gasteiger partial charge in [0.2, 0.25) is 0 Å². The maximum Gasteiger partial charge on any atom is 0.127 e. The van der Waals surface area contributed by atoms with Gasteiger partial charge in [0.15, 0.2) is 0 Å². The molecule has 0 heterocycles. The lowest BCUT2D eigenvalue weighted by Crippen LogP contribution is -2.02. The van der Waals surface area contributed by atoms with E-state index >= 15 is 0 Å². The summed E-state index contributed by atoms with van der Waals surface area (Å²) >= 11 is 12.0. The summed E-state index contributed by atoms with van der Waals surface area (Å²) in [5, 5.41) is 4.46.